The van der Waals surface area contributed by atoms with Crippen molar-refractivity contribution < 1.29 is 18.7 Å². The minimum Gasteiger partial charge on any atom is -0.505 e. The summed E-state index contributed by atoms with van der Waals surface area (Å²) in [6.07, 6.45) is 6.44. The van der Waals surface area contributed by atoms with Crippen LogP contribution in [0.3, 0.4) is 0 Å². The first kappa shape index (κ1) is 24.6. The highest BCUT2D eigenvalue weighted by atomic mass is 19.1. The number of amides is 2. The second-order valence-electron chi connectivity index (χ2n) is 9.87. The van der Waals surface area contributed by atoms with E-state index in [2.05, 4.69) is 32.1 Å². The zero-order chi connectivity index (χ0) is 25.2. The van der Waals surface area contributed by atoms with Crippen molar-refractivity contribution in [2.45, 2.75) is 44.7 Å². The molecule has 0 atom stereocenters. The van der Waals surface area contributed by atoms with E-state index in [1.807, 2.05) is 0 Å². The van der Waals surface area contributed by atoms with Crippen molar-refractivity contribution in [3.63, 3.8) is 0 Å². The fraction of sp³-hybridized carbons (Fsp3) is 0.560. The van der Waals surface area contributed by atoms with Crippen LogP contribution < -0.4 is 15.1 Å². The molecule has 2 fully saturated rings. The highest BCUT2D eigenvalue weighted by molar-refractivity contribution is 6.06. The molecule has 0 spiro atoms. The standard InChI is InChI=1S/C25H33F2N7O2/c1-31-11-13-32(14-12-31)10-4-2-3-9-28-24-29-15-17-16-33(22-19(26)7-8-20(35)21(22)27)25(36)34(18-5-6-18)23(17)30-24/h7-8,15,18,35H,2-6,9-14,16H2,1H3,(H,28,29,30). The van der Waals surface area contributed by atoms with Crippen molar-refractivity contribution >= 4 is 23.5 Å². The second-order valence-corrected chi connectivity index (χ2v) is 9.87. The Morgan fingerprint density at radius 3 is 2.64 bits per heavy atom. The smallest absolute Gasteiger partial charge is 0.330 e. The molecule has 0 radical (unpaired) electrons. The van der Waals surface area contributed by atoms with Gasteiger partial charge in [0.2, 0.25) is 5.95 Å². The normalized spacial score (nSPS) is 19.0. The molecule has 2 amide bonds. The van der Waals surface area contributed by atoms with Gasteiger partial charge in [0.25, 0.3) is 0 Å². The van der Waals surface area contributed by atoms with Gasteiger partial charge in [-0.2, -0.15) is 4.98 Å². The number of phenols is 1. The first-order valence-corrected chi connectivity index (χ1v) is 12.7. The van der Waals surface area contributed by atoms with Gasteiger partial charge in [-0.1, -0.05) is 6.42 Å². The number of likely N-dealkylation sites (N-methyl/N-ethyl adjacent to an activating group) is 1. The molecule has 1 saturated heterocycles. The Kier molecular flexibility index (Phi) is 7.20. The fourth-order valence-electron chi connectivity index (χ4n) is 4.78. The van der Waals surface area contributed by atoms with Crippen molar-refractivity contribution in [3.8, 4) is 5.75 Å². The summed E-state index contributed by atoms with van der Waals surface area (Å²) < 4.78 is 29.1. The molecule has 3 aliphatic rings. The van der Waals surface area contributed by atoms with E-state index in [1.54, 1.807) is 6.20 Å². The first-order valence-electron chi connectivity index (χ1n) is 12.7. The number of carbonyl (C=O) groups is 1. The minimum atomic E-state index is -1.16. The number of carbonyl (C=O) groups excluding carboxylic acids is 1. The molecule has 194 valence electrons. The van der Waals surface area contributed by atoms with Gasteiger partial charge in [0, 0.05) is 50.5 Å². The number of unbranched alkanes of at least 4 members (excludes halogenated alkanes) is 2. The average Bonchev–Trinajstić information content (AvgIpc) is 3.70. The Morgan fingerprint density at radius 1 is 1.11 bits per heavy atom. The lowest BCUT2D eigenvalue weighted by Gasteiger charge is -2.36. The van der Waals surface area contributed by atoms with E-state index in [4.69, 9.17) is 0 Å². The number of halogens is 2. The molecule has 3 heterocycles. The van der Waals surface area contributed by atoms with Crippen molar-refractivity contribution in [1.82, 2.24) is 19.8 Å². The Labute approximate surface area is 209 Å². The summed E-state index contributed by atoms with van der Waals surface area (Å²) in [4.78, 5) is 29.7. The van der Waals surface area contributed by atoms with E-state index in [9.17, 15) is 18.7 Å². The van der Waals surface area contributed by atoms with Gasteiger partial charge in [0.15, 0.2) is 11.6 Å². The van der Waals surface area contributed by atoms with Crippen molar-refractivity contribution in [2.24, 2.45) is 0 Å². The van der Waals surface area contributed by atoms with Gasteiger partial charge < -0.3 is 20.2 Å². The summed E-state index contributed by atoms with van der Waals surface area (Å²) in [5, 5.41) is 13.0. The number of hydrogen-bond acceptors (Lipinski definition) is 7. The van der Waals surface area contributed by atoms with Crippen molar-refractivity contribution in [2.75, 3.05) is 61.4 Å². The third kappa shape index (κ3) is 5.22. The van der Waals surface area contributed by atoms with E-state index < -0.39 is 29.1 Å². The van der Waals surface area contributed by atoms with Gasteiger partial charge in [-0.3, -0.25) is 9.80 Å². The zero-order valence-electron chi connectivity index (χ0n) is 20.6. The van der Waals surface area contributed by atoms with Crippen LogP contribution >= 0.6 is 0 Å². The van der Waals surface area contributed by atoms with Crippen LogP contribution in [0.25, 0.3) is 0 Å². The van der Waals surface area contributed by atoms with Gasteiger partial charge >= 0.3 is 6.03 Å². The predicted molar refractivity (Wildman–Crippen MR) is 133 cm³/mol. The maximum absolute atomic E-state index is 14.6. The van der Waals surface area contributed by atoms with Crippen molar-refractivity contribution in [1.29, 1.82) is 0 Å². The molecular formula is C25H33F2N7O2. The number of urea groups is 1. The summed E-state index contributed by atoms with van der Waals surface area (Å²) in [6.45, 7) is 6.30. The molecule has 1 aliphatic carbocycles. The van der Waals surface area contributed by atoms with E-state index in [0.717, 1.165) is 88.4 Å². The molecular weight excluding hydrogens is 468 g/mol. The Balaban J connectivity index is 1.21. The number of anilines is 3. The molecule has 2 aliphatic heterocycles. The molecule has 11 heteroatoms. The van der Waals surface area contributed by atoms with Crippen molar-refractivity contribution in [3.05, 3.63) is 35.5 Å². The number of hydrogen-bond donors (Lipinski definition) is 2. The Bertz CT molecular complexity index is 1110. The lowest BCUT2D eigenvalue weighted by molar-refractivity contribution is 0.152. The molecule has 5 rings (SSSR count). The third-order valence-corrected chi connectivity index (χ3v) is 7.09. The molecule has 2 N–H and O–H groups in total. The van der Waals surface area contributed by atoms with Gasteiger partial charge in [-0.05, 0) is 51.4 Å². The predicted octanol–water partition coefficient (Wildman–Crippen LogP) is 3.40. The number of aromatic nitrogens is 2. The van der Waals surface area contributed by atoms with Crippen LogP contribution in [0.1, 0.15) is 37.7 Å². The fourth-order valence-corrected chi connectivity index (χ4v) is 4.78. The van der Waals surface area contributed by atoms with Gasteiger partial charge in [-0.25, -0.2) is 18.6 Å². The lowest BCUT2D eigenvalue weighted by atomic mass is 10.1. The summed E-state index contributed by atoms with van der Waals surface area (Å²) >= 11 is 0. The number of phenolic OH excluding ortho intramolecular Hbond substituents is 1. The molecule has 36 heavy (non-hydrogen) atoms. The van der Waals surface area contributed by atoms with Crippen LogP contribution in [-0.2, 0) is 6.54 Å². The molecule has 1 aromatic heterocycles. The Morgan fingerprint density at radius 2 is 1.89 bits per heavy atom. The molecule has 2 aromatic rings. The van der Waals surface area contributed by atoms with Gasteiger partial charge in [0.1, 0.15) is 17.3 Å². The molecule has 1 aromatic carbocycles. The Hall–Kier alpha value is -3.05. The van der Waals surface area contributed by atoms with Crippen LogP contribution in [0.2, 0.25) is 0 Å². The van der Waals surface area contributed by atoms with E-state index in [-0.39, 0.29) is 12.6 Å². The van der Waals surface area contributed by atoms with Gasteiger partial charge in [-0.15, -0.1) is 0 Å². The van der Waals surface area contributed by atoms with E-state index in [0.29, 0.717) is 17.3 Å². The molecule has 9 nitrogen and oxygen atoms in total. The highest BCUT2D eigenvalue weighted by Crippen LogP contribution is 2.40. The number of fused-ring (bicyclic) bond motifs is 1. The molecule has 0 unspecified atom stereocenters. The van der Waals surface area contributed by atoms with Crippen LogP contribution in [-0.4, -0.2) is 83.3 Å². The lowest BCUT2D eigenvalue weighted by Crippen LogP contribution is -2.49. The second kappa shape index (κ2) is 10.5. The number of piperazine rings is 1. The van der Waals surface area contributed by atoms with Crippen LogP contribution in [0.5, 0.6) is 5.75 Å². The SMILES string of the molecule is CN1CCN(CCCCCNc2ncc3c(n2)N(C2CC2)C(=O)N(c2c(F)ccc(O)c2F)C3)CC1. The number of benzene rings is 1. The zero-order valence-corrected chi connectivity index (χ0v) is 20.6. The van der Waals surface area contributed by atoms with Crippen LogP contribution in [0.15, 0.2) is 18.3 Å². The number of rotatable bonds is 9. The van der Waals surface area contributed by atoms with E-state index in [1.165, 1.54) is 4.90 Å². The van der Waals surface area contributed by atoms with Crippen LogP contribution in [0, 0.1) is 11.6 Å². The van der Waals surface area contributed by atoms with E-state index >= 15 is 0 Å². The average molecular weight is 502 g/mol. The third-order valence-electron chi connectivity index (χ3n) is 7.09. The summed E-state index contributed by atoms with van der Waals surface area (Å²) in [5.41, 5.74) is 0.0384. The summed E-state index contributed by atoms with van der Waals surface area (Å²) in [6, 6.07) is 1.26. The van der Waals surface area contributed by atoms with Crippen LogP contribution in [0.4, 0.5) is 31.0 Å². The number of nitrogens with zero attached hydrogens (tertiary/aromatic N) is 6. The molecule has 1 saturated carbocycles. The monoisotopic (exact) mass is 501 g/mol. The quantitative estimate of drug-likeness (QED) is 0.509. The minimum absolute atomic E-state index is 0.0696. The highest BCUT2D eigenvalue weighted by Gasteiger charge is 2.43. The number of nitrogens with one attached hydrogen (secondary N) is 1. The topological polar surface area (TPSA) is 88.1 Å². The van der Waals surface area contributed by atoms with Gasteiger partial charge in [0.05, 0.1) is 6.54 Å². The summed E-state index contributed by atoms with van der Waals surface area (Å²) in [7, 11) is 2.16. The maximum Gasteiger partial charge on any atom is 0.330 e. The summed E-state index contributed by atoms with van der Waals surface area (Å²) in [5.74, 6) is -1.86. The first-order chi connectivity index (χ1) is 17.4. The maximum atomic E-state index is 14.6. The molecule has 0 bridgehead atoms. The largest absolute Gasteiger partial charge is 0.505 e. The number of aromatic hydroxyl groups is 1.